The first-order valence-electron chi connectivity index (χ1n) is 6.05. The monoisotopic (exact) mass is 254 g/mol. The molecule has 6 heteroatoms. The van der Waals surface area contributed by atoms with Gasteiger partial charge in [0.05, 0.1) is 19.7 Å². The highest BCUT2D eigenvalue weighted by Gasteiger charge is 2.27. The van der Waals surface area contributed by atoms with E-state index in [1.165, 1.54) is 7.11 Å². The fourth-order valence-corrected chi connectivity index (χ4v) is 2.07. The van der Waals surface area contributed by atoms with Crippen LogP contribution in [0.2, 0.25) is 0 Å². The first kappa shape index (κ1) is 12.9. The van der Waals surface area contributed by atoms with E-state index in [-0.39, 0.29) is 12.2 Å². The van der Waals surface area contributed by atoms with Gasteiger partial charge in [-0.3, -0.25) is 4.79 Å². The number of methoxy groups -OCH3 is 2. The quantitative estimate of drug-likeness (QED) is 0.739. The van der Waals surface area contributed by atoms with Crippen molar-refractivity contribution < 1.29 is 18.7 Å². The predicted octanol–water partition coefficient (Wildman–Crippen LogP) is 1.35. The molecular weight excluding hydrogens is 236 g/mol. The largest absolute Gasteiger partial charge is 0.469 e. The highest BCUT2D eigenvalue weighted by atomic mass is 16.5. The van der Waals surface area contributed by atoms with Crippen LogP contribution in [-0.4, -0.2) is 37.9 Å². The molecule has 1 aromatic rings. The average Bonchev–Trinajstić information content (AvgIpc) is 3.03. The molecular formula is C12H18N2O4. The number of anilines is 1. The van der Waals surface area contributed by atoms with Crippen LogP contribution in [0, 0.1) is 0 Å². The van der Waals surface area contributed by atoms with Crippen LogP contribution < -0.4 is 4.90 Å². The van der Waals surface area contributed by atoms with E-state index in [1.54, 1.807) is 13.3 Å². The predicted molar refractivity (Wildman–Crippen MR) is 64.2 cm³/mol. The normalized spacial score (nSPS) is 19.2. The average molecular weight is 254 g/mol. The van der Waals surface area contributed by atoms with Crippen LogP contribution in [0.4, 0.5) is 6.01 Å². The summed E-state index contributed by atoms with van der Waals surface area (Å²) in [5, 5.41) is 0. The number of carbonyl (C=O) groups excluding carboxylic acids is 1. The minimum absolute atomic E-state index is 0.0390. The first-order valence-corrected chi connectivity index (χ1v) is 6.05. The number of nitrogens with zero attached hydrogens (tertiary/aromatic N) is 2. The summed E-state index contributed by atoms with van der Waals surface area (Å²) in [6, 6.07) is 0.569. The Morgan fingerprint density at radius 3 is 3.17 bits per heavy atom. The zero-order valence-corrected chi connectivity index (χ0v) is 10.7. The maximum absolute atomic E-state index is 11.0. The maximum Gasteiger partial charge on any atom is 0.305 e. The summed E-state index contributed by atoms with van der Waals surface area (Å²) in [6.07, 6.45) is 4.55. The number of esters is 1. The summed E-state index contributed by atoms with van der Waals surface area (Å²) in [6.45, 7) is 0.884. The van der Waals surface area contributed by atoms with E-state index >= 15 is 0 Å². The molecule has 0 amide bonds. The van der Waals surface area contributed by atoms with Crippen LogP contribution in [0.1, 0.15) is 25.0 Å². The molecule has 0 aliphatic carbocycles. The highest BCUT2D eigenvalue weighted by Crippen LogP contribution is 2.25. The smallest absolute Gasteiger partial charge is 0.305 e. The number of aromatic nitrogens is 1. The van der Waals surface area contributed by atoms with Crippen molar-refractivity contribution in [3.05, 3.63) is 12.0 Å². The molecule has 1 saturated heterocycles. The van der Waals surface area contributed by atoms with Crippen molar-refractivity contribution in [1.29, 1.82) is 0 Å². The van der Waals surface area contributed by atoms with Gasteiger partial charge < -0.3 is 18.8 Å². The van der Waals surface area contributed by atoms with Gasteiger partial charge in [-0.1, -0.05) is 0 Å². The molecule has 1 fully saturated rings. The third-order valence-corrected chi connectivity index (χ3v) is 3.06. The molecule has 0 unspecified atom stereocenters. The van der Waals surface area contributed by atoms with Gasteiger partial charge in [0.15, 0.2) is 0 Å². The van der Waals surface area contributed by atoms with Crippen molar-refractivity contribution in [2.75, 3.05) is 25.7 Å². The Balaban J connectivity index is 1.95. The topological polar surface area (TPSA) is 64.8 Å². The molecule has 0 bridgehead atoms. The zero-order valence-electron chi connectivity index (χ0n) is 10.7. The third kappa shape index (κ3) is 2.81. The van der Waals surface area contributed by atoms with Crippen molar-refractivity contribution in [3.8, 4) is 0 Å². The molecule has 0 saturated carbocycles. The fourth-order valence-electron chi connectivity index (χ4n) is 2.07. The number of hydrogen-bond acceptors (Lipinski definition) is 6. The lowest BCUT2D eigenvalue weighted by atomic mass is 10.3. The summed E-state index contributed by atoms with van der Waals surface area (Å²) >= 11 is 0. The lowest BCUT2D eigenvalue weighted by molar-refractivity contribution is -0.140. The van der Waals surface area contributed by atoms with Gasteiger partial charge in [0.1, 0.15) is 12.0 Å². The van der Waals surface area contributed by atoms with Gasteiger partial charge in [-0.2, -0.15) is 0 Å². The Hall–Kier alpha value is -1.56. The third-order valence-electron chi connectivity index (χ3n) is 3.06. The van der Waals surface area contributed by atoms with Crippen LogP contribution in [0.5, 0.6) is 0 Å². The molecule has 2 heterocycles. The lowest BCUT2D eigenvalue weighted by Crippen LogP contribution is -2.30. The van der Waals surface area contributed by atoms with Crippen molar-refractivity contribution in [3.63, 3.8) is 0 Å². The first-order chi connectivity index (χ1) is 8.74. The Labute approximate surface area is 106 Å². The van der Waals surface area contributed by atoms with Crippen molar-refractivity contribution in [2.24, 2.45) is 0 Å². The molecule has 18 heavy (non-hydrogen) atoms. The van der Waals surface area contributed by atoms with Gasteiger partial charge in [0, 0.05) is 20.1 Å². The lowest BCUT2D eigenvalue weighted by Gasteiger charge is -2.20. The molecule has 1 aromatic heterocycles. The van der Waals surface area contributed by atoms with Crippen LogP contribution in [-0.2, 0) is 20.7 Å². The van der Waals surface area contributed by atoms with E-state index in [9.17, 15) is 4.79 Å². The van der Waals surface area contributed by atoms with Crippen LogP contribution in [0.3, 0.4) is 0 Å². The van der Waals surface area contributed by atoms with E-state index in [2.05, 4.69) is 9.72 Å². The fraction of sp³-hybridized carbons (Fsp3) is 0.667. The molecule has 100 valence electrons. The number of rotatable bonds is 5. The van der Waals surface area contributed by atoms with E-state index in [0.717, 1.165) is 19.4 Å². The van der Waals surface area contributed by atoms with Crippen LogP contribution in [0.15, 0.2) is 10.6 Å². The summed E-state index contributed by atoms with van der Waals surface area (Å²) < 4.78 is 15.6. The Kier molecular flexibility index (Phi) is 4.19. The molecule has 1 aliphatic rings. The minimum Gasteiger partial charge on any atom is -0.469 e. The highest BCUT2D eigenvalue weighted by molar-refractivity contribution is 5.69. The van der Waals surface area contributed by atoms with Gasteiger partial charge in [-0.15, -0.1) is 0 Å². The van der Waals surface area contributed by atoms with Gasteiger partial charge in [-0.25, -0.2) is 4.98 Å². The molecule has 0 spiro atoms. The van der Waals surface area contributed by atoms with Crippen LogP contribution >= 0.6 is 0 Å². The number of hydrogen-bond donors (Lipinski definition) is 0. The molecule has 1 atom stereocenters. The van der Waals surface area contributed by atoms with Gasteiger partial charge in [0.25, 0.3) is 6.01 Å². The summed E-state index contributed by atoms with van der Waals surface area (Å²) in [5.41, 5.74) is 0. The Morgan fingerprint density at radius 1 is 1.61 bits per heavy atom. The van der Waals surface area contributed by atoms with Crippen molar-refractivity contribution >= 4 is 12.0 Å². The van der Waals surface area contributed by atoms with E-state index < -0.39 is 0 Å². The number of oxazole rings is 1. The molecule has 2 rings (SSSR count). The molecule has 6 nitrogen and oxygen atoms in total. The van der Waals surface area contributed by atoms with E-state index in [4.69, 9.17) is 9.15 Å². The summed E-state index contributed by atoms with van der Waals surface area (Å²) in [4.78, 5) is 17.3. The van der Waals surface area contributed by atoms with Gasteiger partial charge in [-0.05, 0) is 12.8 Å². The Morgan fingerprint density at radius 2 is 2.44 bits per heavy atom. The number of carbonyl (C=O) groups is 1. The van der Waals surface area contributed by atoms with E-state index in [0.29, 0.717) is 24.6 Å². The Bertz CT molecular complexity index is 405. The second-order valence-corrected chi connectivity index (χ2v) is 4.21. The number of ether oxygens (including phenoxy) is 2. The summed E-state index contributed by atoms with van der Waals surface area (Å²) in [5.74, 6) is 0.445. The molecule has 0 aromatic carbocycles. The maximum atomic E-state index is 11.0. The molecule has 0 radical (unpaired) electrons. The minimum atomic E-state index is -0.246. The zero-order chi connectivity index (χ0) is 13.0. The molecule has 1 aliphatic heterocycles. The second-order valence-electron chi connectivity index (χ2n) is 4.21. The van der Waals surface area contributed by atoms with E-state index in [1.807, 2.05) is 4.90 Å². The van der Waals surface area contributed by atoms with Gasteiger partial charge >= 0.3 is 5.97 Å². The number of aryl methyl sites for hydroxylation is 1. The second kappa shape index (κ2) is 5.86. The van der Waals surface area contributed by atoms with Crippen molar-refractivity contribution in [2.45, 2.75) is 31.9 Å². The standard InChI is InChI=1S/C12H18N2O4/c1-16-10-4-3-7-14(10)12-13-8-9(18-12)5-6-11(15)17-2/h8,10H,3-7H2,1-2H3/t10-/m0/s1. The van der Waals surface area contributed by atoms with Crippen molar-refractivity contribution in [1.82, 2.24) is 4.98 Å². The SMILES string of the molecule is COC(=O)CCc1cnc(N2CCC[C@@H]2OC)o1. The summed E-state index contributed by atoms with van der Waals surface area (Å²) in [7, 11) is 3.06. The molecule has 0 N–H and O–H groups in total. The van der Waals surface area contributed by atoms with Gasteiger partial charge in [0.2, 0.25) is 0 Å². The van der Waals surface area contributed by atoms with Crippen LogP contribution in [0.25, 0.3) is 0 Å².